The van der Waals surface area contributed by atoms with Gasteiger partial charge < -0.3 is 10.1 Å². The van der Waals surface area contributed by atoms with Gasteiger partial charge in [0.25, 0.3) is 0 Å². The summed E-state index contributed by atoms with van der Waals surface area (Å²) in [7, 11) is 0. The van der Waals surface area contributed by atoms with Crippen LogP contribution in [-0.4, -0.2) is 50.5 Å². The van der Waals surface area contributed by atoms with E-state index in [-0.39, 0.29) is 23.3 Å². The molecule has 3 aromatic carbocycles. The standard InChI is InChI=1S/C30H27F3N6O3S/c1-19(2)24-5-3-4-6-25(24)39-26(40)17-43-29(39)36-28(41)34-16-15-20-7-9-21(10-8-20)27-35-18-38(37-27)22-11-13-23(14-12-22)42-30(31,32)33/h3-14,18-19H,15-17H2,1-2H3,(H,34,41)/b36-29-. The molecule has 222 valence electrons. The Hall–Kier alpha value is -4.65. The maximum atomic E-state index is 12.6. The number of aromatic nitrogens is 3. The van der Waals surface area contributed by atoms with E-state index in [1.165, 1.54) is 51.9 Å². The molecule has 1 N–H and O–H groups in total. The number of amides is 3. The zero-order chi connectivity index (χ0) is 30.6. The van der Waals surface area contributed by atoms with Gasteiger partial charge in [0.05, 0.1) is 17.1 Å². The number of amidine groups is 1. The van der Waals surface area contributed by atoms with Crippen molar-refractivity contribution in [2.75, 3.05) is 17.2 Å². The molecule has 0 radical (unpaired) electrons. The van der Waals surface area contributed by atoms with Crippen molar-refractivity contribution in [1.29, 1.82) is 0 Å². The van der Waals surface area contributed by atoms with Crippen LogP contribution < -0.4 is 15.0 Å². The third-order valence-corrected chi connectivity index (χ3v) is 7.41. The van der Waals surface area contributed by atoms with E-state index in [4.69, 9.17) is 0 Å². The van der Waals surface area contributed by atoms with Gasteiger partial charge in [0.1, 0.15) is 12.1 Å². The SMILES string of the molecule is CC(C)c1ccccc1N1C(=O)CS/C1=N\C(=O)NCCc1ccc(-c2ncn(-c3ccc(OC(F)(F)F)cc3)n2)cc1. The number of aliphatic imine (C=N–C) groups is 1. The number of thioether (sulfide) groups is 1. The normalized spacial score (nSPS) is 14.5. The van der Waals surface area contributed by atoms with E-state index in [1.807, 2.05) is 48.5 Å². The number of para-hydroxylation sites is 1. The molecule has 3 amide bonds. The van der Waals surface area contributed by atoms with Crippen molar-refractivity contribution < 1.29 is 27.5 Å². The number of nitrogens with one attached hydrogen (secondary N) is 1. The molecule has 0 aliphatic carbocycles. The van der Waals surface area contributed by atoms with Gasteiger partial charge in [0, 0.05) is 12.1 Å². The van der Waals surface area contributed by atoms with Crippen LogP contribution in [0.15, 0.2) is 84.1 Å². The van der Waals surface area contributed by atoms with Gasteiger partial charge in [0.15, 0.2) is 11.0 Å². The minimum atomic E-state index is -4.76. The topological polar surface area (TPSA) is 102 Å². The van der Waals surface area contributed by atoms with Crippen LogP contribution in [0.3, 0.4) is 0 Å². The van der Waals surface area contributed by atoms with Gasteiger partial charge in [-0.1, -0.05) is 68.1 Å². The largest absolute Gasteiger partial charge is 0.573 e. The number of carbonyl (C=O) groups is 2. The molecule has 1 aliphatic rings. The van der Waals surface area contributed by atoms with E-state index in [0.29, 0.717) is 29.6 Å². The highest BCUT2D eigenvalue weighted by molar-refractivity contribution is 8.15. The Morgan fingerprint density at radius 2 is 1.79 bits per heavy atom. The molecular weight excluding hydrogens is 581 g/mol. The number of hydrogen-bond donors (Lipinski definition) is 1. The smallest absolute Gasteiger partial charge is 0.406 e. The quantitative estimate of drug-likeness (QED) is 0.250. The van der Waals surface area contributed by atoms with Crippen LogP contribution in [0.25, 0.3) is 17.1 Å². The predicted octanol–water partition coefficient (Wildman–Crippen LogP) is 6.34. The molecule has 13 heteroatoms. The molecule has 0 saturated carbocycles. The Balaban J connectivity index is 1.16. The summed E-state index contributed by atoms with van der Waals surface area (Å²) >= 11 is 1.24. The second-order valence-corrected chi connectivity index (χ2v) is 10.8. The molecule has 1 saturated heterocycles. The van der Waals surface area contributed by atoms with Gasteiger partial charge in [-0.2, -0.15) is 4.99 Å². The van der Waals surface area contributed by atoms with Gasteiger partial charge in [0.2, 0.25) is 5.91 Å². The summed E-state index contributed by atoms with van der Waals surface area (Å²) in [4.78, 5) is 35.2. The molecule has 0 atom stereocenters. The number of nitrogens with zero attached hydrogens (tertiary/aromatic N) is 5. The van der Waals surface area contributed by atoms with Crippen LogP contribution in [0.2, 0.25) is 0 Å². The lowest BCUT2D eigenvalue weighted by Crippen LogP contribution is -2.32. The van der Waals surface area contributed by atoms with Crippen molar-refractivity contribution in [3.05, 3.63) is 90.3 Å². The Bertz CT molecular complexity index is 1640. The predicted molar refractivity (Wildman–Crippen MR) is 158 cm³/mol. The number of rotatable bonds is 8. The molecule has 5 rings (SSSR count). The lowest BCUT2D eigenvalue weighted by Gasteiger charge is -2.21. The maximum Gasteiger partial charge on any atom is 0.573 e. The first kappa shape index (κ1) is 29.8. The van der Waals surface area contributed by atoms with Crippen LogP contribution in [0.4, 0.5) is 23.7 Å². The van der Waals surface area contributed by atoms with E-state index in [2.05, 4.69) is 39.0 Å². The lowest BCUT2D eigenvalue weighted by molar-refractivity contribution is -0.274. The monoisotopic (exact) mass is 608 g/mol. The molecule has 2 heterocycles. The van der Waals surface area contributed by atoms with E-state index in [1.54, 1.807) is 0 Å². The minimum Gasteiger partial charge on any atom is -0.406 e. The highest BCUT2D eigenvalue weighted by Crippen LogP contribution is 2.33. The fraction of sp³-hybridized carbons (Fsp3) is 0.233. The molecule has 1 aliphatic heterocycles. The van der Waals surface area contributed by atoms with Crippen LogP contribution in [-0.2, 0) is 11.2 Å². The molecule has 9 nitrogen and oxygen atoms in total. The van der Waals surface area contributed by atoms with Crippen molar-refractivity contribution in [1.82, 2.24) is 20.1 Å². The third kappa shape index (κ3) is 7.41. The van der Waals surface area contributed by atoms with Gasteiger partial charge in [-0.05, 0) is 53.8 Å². The molecule has 0 spiro atoms. The Labute approximate surface area is 249 Å². The van der Waals surface area contributed by atoms with Crippen molar-refractivity contribution in [3.63, 3.8) is 0 Å². The second-order valence-electron chi connectivity index (χ2n) is 9.86. The summed E-state index contributed by atoms with van der Waals surface area (Å²) in [5, 5.41) is 7.56. The number of carbonyl (C=O) groups excluding carboxylic acids is 2. The van der Waals surface area contributed by atoms with Crippen LogP contribution >= 0.6 is 11.8 Å². The number of alkyl halides is 3. The maximum absolute atomic E-state index is 12.6. The molecule has 4 aromatic rings. The lowest BCUT2D eigenvalue weighted by atomic mass is 10.0. The van der Waals surface area contributed by atoms with Crippen molar-refractivity contribution in [3.8, 4) is 22.8 Å². The molecule has 1 aromatic heterocycles. The summed E-state index contributed by atoms with van der Waals surface area (Å²) in [6.07, 6.45) is -2.73. The number of halogens is 3. The zero-order valence-electron chi connectivity index (χ0n) is 23.2. The van der Waals surface area contributed by atoms with Crippen molar-refractivity contribution in [2.45, 2.75) is 32.5 Å². The third-order valence-electron chi connectivity index (χ3n) is 6.49. The fourth-order valence-corrected chi connectivity index (χ4v) is 5.30. The highest BCUT2D eigenvalue weighted by atomic mass is 32.2. The van der Waals surface area contributed by atoms with Crippen molar-refractivity contribution in [2.24, 2.45) is 4.99 Å². The van der Waals surface area contributed by atoms with Gasteiger partial charge in [-0.15, -0.1) is 18.3 Å². The summed E-state index contributed by atoms with van der Waals surface area (Å²) in [6, 6.07) is 19.9. The first-order valence-corrected chi connectivity index (χ1v) is 14.3. The average molecular weight is 609 g/mol. The first-order valence-electron chi connectivity index (χ1n) is 13.4. The van der Waals surface area contributed by atoms with E-state index >= 15 is 0 Å². The molecule has 43 heavy (non-hydrogen) atoms. The molecule has 1 fully saturated rings. The number of urea groups is 1. The summed E-state index contributed by atoms with van der Waals surface area (Å²) in [6.45, 7) is 4.44. The van der Waals surface area contributed by atoms with Gasteiger partial charge in [-0.3, -0.25) is 9.69 Å². The second kappa shape index (κ2) is 12.7. The minimum absolute atomic E-state index is 0.113. The van der Waals surface area contributed by atoms with E-state index in [9.17, 15) is 22.8 Å². The van der Waals surface area contributed by atoms with Gasteiger partial charge >= 0.3 is 12.4 Å². The Morgan fingerprint density at radius 3 is 2.49 bits per heavy atom. The van der Waals surface area contributed by atoms with Crippen LogP contribution in [0.5, 0.6) is 5.75 Å². The van der Waals surface area contributed by atoms with Gasteiger partial charge in [-0.25, -0.2) is 14.5 Å². The fourth-order valence-electron chi connectivity index (χ4n) is 4.44. The summed E-state index contributed by atoms with van der Waals surface area (Å²) < 4.78 is 42.5. The zero-order valence-corrected chi connectivity index (χ0v) is 24.0. The molecule has 0 unspecified atom stereocenters. The van der Waals surface area contributed by atoms with E-state index < -0.39 is 12.4 Å². The van der Waals surface area contributed by atoms with Crippen LogP contribution in [0.1, 0.15) is 30.9 Å². The average Bonchev–Trinajstić information content (AvgIpc) is 3.60. The van der Waals surface area contributed by atoms with Crippen molar-refractivity contribution >= 4 is 34.6 Å². The molecule has 0 bridgehead atoms. The first-order chi connectivity index (χ1) is 20.6. The summed E-state index contributed by atoms with van der Waals surface area (Å²) in [5.74, 6) is 0.431. The van der Waals surface area contributed by atoms with E-state index in [0.717, 1.165) is 22.4 Å². The number of benzene rings is 3. The Morgan fingerprint density at radius 1 is 1.07 bits per heavy atom. The molecular formula is C30H27F3N6O3S. The number of ether oxygens (including phenoxy) is 1. The number of anilines is 1. The number of hydrogen-bond acceptors (Lipinski definition) is 6. The van der Waals surface area contributed by atoms with Crippen LogP contribution in [0, 0.1) is 0 Å². The summed E-state index contributed by atoms with van der Waals surface area (Å²) in [5.41, 5.74) is 3.99. The highest BCUT2D eigenvalue weighted by Gasteiger charge is 2.32. The Kier molecular flexibility index (Phi) is 8.81.